The molecule has 2 rings (SSSR count). The lowest BCUT2D eigenvalue weighted by atomic mass is 10.0. The molecule has 0 saturated heterocycles. The zero-order valence-corrected chi connectivity index (χ0v) is 19.2. The van der Waals surface area contributed by atoms with Crippen LogP contribution in [0.5, 0.6) is 0 Å². The first-order valence-electron chi connectivity index (χ1n) is 10.1. The summed E-state index contributed by atoms with van der Waals surface area (Å²) in [6, 6.07) is 0. The van der Waals surface area contributed by atoms with E-state index in [1.165, 1.54) is 12.8 Å². The molecule has 160 valence electrons. The average molecular weight is 383 g/mol. The standard InChI is InChI=1S/2C9H15NO.2C2H6.CH4/c2*1-6(2)8-9(7(3)4)11-5-10-8;2*1-2;/h2*5-7H,1-4H3;2*1-2H3;1H4. The summed E-state index contributed by atoms with van der Waals surface area (Å²) in [5.74, 6) is 3.86. The zero-order valence-electron chi connectivity index (χ0n) is 19.2. The second kappa shape index (κ2) is 16.6. The van der Waals surface area contributed by atoms with E-state index in [1.54, 1.807) is 0 Å². The van der Waals surface area contributed by atoms with E-state index < -0.39 is 0 Å². The largest absolute Gasteiger partial charge is 0.448 e. The first-order valence-corrected chi connectivity index (χ1v) is 10.1. The lowest BCUT2D eigenvalue weighted by Crippen LogP contribution is -1.95. The molecule has 2 heterocycles. The molecule has 0 saturated carbocycles. The molecule has 2 aromatic heterocycles. The van der Waals surface area contributed by atoms with Crippen LogP contribution in [0.3, 0.4) is 0 Å². The lowest BCUT2D eigenvalue weighted by molar-refractivity contribution is 0.476. The minimum absolute atomic E-state index is 0. The van der Waals surface area contributed by atoms with Crippen LogP contribution in [0.25, 0.3) is 0 Å². The molecule has 4 heteroatoms. The summed E-state index contributed by atoms with van der Waals surface area (Å²) >= 11 is 0. The van der Waals surface area contributed by atoms with Gasteiger partial charge in [0, 0.05) is 11.8 Å². The Kier molecular flexibility index (Phi) is 18.5. The van der Waals surface area contributed by atoms with Gasteiger partial charge in [-0.1, -0.05) is 90.5 Å². The van der Waals surface area contributed by atoms with Crippen LogP contribution in [-0.4, -0.2) is 9.97 Å². The maximum absolute atomic E-state index is 5.28. The SMILES string of the molecule is C.CC.CC.CC(C)c1ncoc1C(C)C.CC(C)c1ncoc1C(C)C. The second-order valence-electron chi connectivity index (χ2n) is 6.82. The summed E-state index contributed by atoms with van der Waals surface area (Å²) in [6.07, 6.45) is 3.06. The van der Waals surface area contributed by atoms with Crippen LogP contribution in [0.2, 0.25) is 0 Å². The molecule has 0 amide bonds. The first kappa shape index (κ1) is 30.2. The van der Waals surface area contributed by atoms with Gasteiger partial charge in [-0.05, 0) is 11.8 Å². The second-order valence-corrected chi connectivity index (χ2v) is 6.82. The molecule has 0 aromatic carbocycles. The Bertz CT molecular complexity index is 457. The van der Waals surface area contributed by atoms with E-state index in [0.717, 1.165) is 22.9 Å². The van der Waals surface area contributed by atoms with Crippen molar-refractivity contribution in [1.82, 2.24) is 9.97 Å². The van der Waals surface area contributed by atoms with Crippen molar-refractivity contribution in [1.29, 1.82) is 0 Å². The van der Waals surface area contributed by atoms with E-state index in [0.29, 0.717) is 23.7 Å². The van der Waals surface area contributed by atoms with Crippen LogP contribution in [0.1, 0.15) is 137 Å². The molecule has 0 radical (unpaired) electrons. The molecule has 4 nitrogen and oxygen atoms in total. The van der Waals surface area contributed by atoms with Crippen LogP contribution in [-0.2, 0) is 0 Å². The lowest BCUT2D eigenvalue weighted by Gasteiger charge is -2.05. The molecule has 0 N–H and O–H groups in total. The minimum Gasteiger partial charge on any atom is -0.448 e. The van der Waals surface area contributed by atoms with Gasteiger partial charge in [0.2, 0.25) is 0 Å². The number of aromatic nitrogens is 2. The highest BCUT2D eigenvalue weighted by atomic mass is 16.3. The van der Waals surface area contributed by atoms with Gasteiger partial charge in [0.25, 0.3) is 0 Å². The number of rotatable bonds is 4. The molecule has 0 aliphatic rings. The van der Waals surface area contributed by atoms with E-state index in [-0.39, 0.29) is 7.43 Å². The summed E-state index contributed by atoms with van der Waals surface area (Å²) in [7, 11) is 0. The number of oxazole rings is 2. The van der Waals surface area contributed by atoms with Crippen LogP contribution in [0, 0.1) is 0 Å². The normalized spacial score (nSPS) is 9.78. The van der Waals surface area contributed by atoms with Crippen molar-refractivity contribution in [3.05, 3.63) is 35.7 Å². The Morgan fingerprint density at radius 3 is 0.963 bits per heavy atom. The topological polar surface area (TPSA) is 52.1 Å². The van der Waals surface area contributed by atoms with Crippen LogP contribution < -0.4 is 0 Å². The molecule has 0 aliphatic carbocycles. The summed E-state index contributed by atoms with van der Waals surface area (Å²) in [6.45, 7) is 25.0. The third-order valence-electron chi connectivity index (χ3n) is 3.39. The number of hydrogen-bond acceptors (Lipinski definition) is 4. The molecule has 0 bridgehead atoms. The van der Waals surface area contributed by atoms with Crippen molar-refractivity contribution in [2.45, 2.75) is 114 Å². The van der Waals surface area contributed by atoms with Gasteiger partial charge in [-0.2, -0.15) is 0 Å². The molecule has 2 aromatic rings. The summed E-state index contributed by atoms with van der Waals surface area (Å²) < 4.78 is 10.6. The highest BCUT2D eigenvalue weighted by Crippen LogP contribution is 2.24. The van der Waals surface area contributed by atoms with Gasteiger partial charge in [-0.15, -0.1) is 0 Å². The van der Waals surface area contributed by atoms with E-state index in [9.17, 15) is 0 Å². The predicted molar refractivity (Wildman–Crippen MR) is 119 cm³/mol. The van der Waals surface area contributed by atoms with E-state index in [4.69, 9.17) is 8.83 Å². The summed E-state index contributed by atoms with van der Waals surface area (Å²) in [5, 5.41) is 0. The smallest absolute Gasteiger partial charge is 0.181 e. The van der Waals surface area contributed by atoms with Crippen molar-refractivity contribution >= 4 is 0 Å². The summed E-state index contributed by atoms with van der Waals surface area (Å²) in [4.78, 5) is 8.34. The maximum atomic E-state index is 5.28. The maximum Gasteiger partial charge on any atom is 0.181 e. The molecule has 27 heavy (non-hydrogen) atoms. The molecule has 0 aliphatic heterocycles. The van der Waals surface area contributed by atoms with Crippen LogP contribution in [0.4, 0.5) is 0 Å². The fourth-order valence-electron chi connectivity index (χ4n) is 2.26. The van der Waals surface area contributed by atoms with Crippen molar-refractivity contribution in [2.75, 3.05) is 0 Å². The van der Waals surface area contributed by atoms with Gasteiger partial charge in [-0.3, -0.25) is 0 Å². The van der Waals surface area contributed by atoms with E-state index in [1.807, 2.05) is 27.7 Å². The van der Waals surface area contributed by atoms with Gasteiger partial charge in [0.05, 0.1) is 11.4 Å². The number of nitrogens with zero attached hydrogens (tertiary/aromatic N) is 2. The van der Waals surface area contributed by atoms with Crippen LogP contribution >= 0.6 is 0 Å². The van der Waals surface area contributed by atoms with E-state index >= 15 is 0 Å². The minimum atomic E-state index is 0. The highest BCUT2D eigenvalue weighted by molar-refractivity contribution is 5.15. The molecule has 0 unspecified atom stereocenters. The van der Waals surface area contributed by atoms with Gasteiger partial charge in [0.15, 0.2) is 12.8 Å². The fraction of sp³-hybridized carbons (Fsp3) is 0.739. The molecular formula is C23H46N2O2. The van der Waals surface area contributed by atoms with Crippen molar-refractivity contribution in [2.24, 2.45) is 0 Å². The molecular weight excluding hydrogens is 336 g/mol. The predicted octanol–water partition coefficient (Wildman–Crippen LogP) is 8.53. The van der Waals surface area contributed by atoms with Crippen molar-refractivity contribution in [3.8, 4) is 0 Å². The molecule has 0 atom stereocenters. The van der Waals surface area contributed by atoms with Crippen LogP contribution in [0.15, 0.2) is 21.6 Å². The van der Waals surface area contributed by atoms with Crippen molar-refractivity contribution < 1.29 is 8.83 Å². The Morgan fingerprint density at radius 2 is 0.815 bits per heavy atom. The van der Waals surface area contributed by atoms with Gasteiger partial charge in [0.1, 0.15) is 11.5 Å². The van der Waals surface area contributed by atoms with E-state index in [2.05, 4.69) is 65.4 Å². The fourth-order valence-corrected chi connectivity index (χ4v) is 2.26. The Morgan fingerprint density at radius 1 is 0.556 bits per heavy atom. The Balaban J connectivity index is -0.000000349. The Labute approximate surface area is 169 Å². The third-order valence-corrected chi connectivity index (χ3v) is 3.39. The first-order chi connectivity index (χ1) is 12.3. The van der Waals surface area contributed by atoms with Gasteiger partial charge in [-0.25, -0.2) is 9.97 Å². The quantitative estimate of drug-likeness (QED) is 0.531. The average Bonchev–Trinajstić information content (AvgIpc) is 3.28. The highest BCUT2D eigenvalue weighted by Gasteiger charge is 2.14. The molecule has 0 fully saturated rings. The zero-order chi connectivity index (χ0) is 20.9. The molecule has 0 spiro atoms. The third kappa shape index (κ3) is 10.4. The van der Waals surface area contributed by atoms with Gasteiger partial charge < -0.3 is 8.83 Å². The van der Waals surface area contributed by atoms with Crippen molar-refractivity contribution in [3.63, 3.8) is 0 Å². The number of hydrogen-bond donors (Lipinski definition) is 0. The monoisotopic (exact) mass is 382 g/mol. The Hall–Kier alpha value is -1.58. The summed E-state index contributed by atoms with van der Waals surface area (Å²) in [5.41, 5.74) is 2.19. The van der Waals surface area contributed by atoms with Gasteiger partial charge >= 0.3 is 0 Å².